The Morgan fingerprint density at radius 2 is 1.90 bits per heavy atom. The van der Waals surface area contributed by atoms with Gasteiger partial charge >= 0.3 is 5.69 Å². The lowest BCUT2D eigenvalue weighted by Gasteiger charge is -2.34. The molecule has 0 unspecified atom stereocenters. The molecule has 4 rings (SSSR count). The number of nitrogens with one attached hydrogen (secondary N) is 1. The first kappa shape index (κ1) is 19.7. The molecule has 2 heterocycles. The summed E-state index contributed by atoms with van der Waals surface area (Å²) in [6.07, 6.45) is 3.27. The summed E-state index contributed by atoms with van der Waals surface area (Å²) < 4.78 is 11.8. The summed E-state index contributed by atoms with van der Waals surface area (Å²) in [7, 11) is 1.54. The van der Waals surface area contributed by atoms with Gasteiger partial charge in [0.2, 0.25) is 5.91 Å². The number of methoxy groups -OCH3 is 1. The van der Waals surface area contributed by atoms with Crippen molar-refractivity contribution < 1.29 is 14.3 Å². The molecule has 1 aromatic carbocycles. The Bertz CT molecular complexity index is 998. The van der Waals surface area contributed by atoms with Crippen molar-refractivity contribution in [3.05, 3.63) is 39.0 Å². The van der Waals surface area contributed by atoms with Crippen molar-refractivity contribution in [2.45, 2.75) is 32.2 Å². The second-order valence-electron chi connectivity index (χ2n) is 7.91. The van der Waals surface area contributed by atoms with Crippen LogP contribution in [-0.4, -0.2) is 53.8 Å². The summed E-state index contributed by atoms with van der Waals surface area (Å²) in [6.45, 7) is 2.94. The number of hydrogen-bond acceptors (Lipinski definition) is 5. The van der Waals surface area contributed by atoms with Gasteiger partial charge in [0.15, 0.2) is 0 Å². The summed E-state index contributed by atoms with van der Waals surface area (Å²) in [5.74, 6) is 1.06. The summed E-state index contributed by atoms with van der Waals surface area (Å²) in [4.78, 5) is 42.7. The number of carbonyl (C=O) groups is 1. The van der Waals surface area contributed by atoms with E-state index in [9.17, 15) is 14.4 Å². The first-order valence-electron chi connectivity index (χ1n) is 10.2. The van der Waals surface area contributed by atoms with Crippen molar-refractivity contribution in [1.82, 2.24) is 14.5 Å². The molecule has 156 valence electrons. The number of nitrogens with zero attached hydrogens (tertiary/aromatic N) is 2. The van der Waals surface area contributed by atoms with Crippen molar-refractivity contribution in [2.75, 3.05) is 33.4 Å². The van der Waals surface area contributed by atoms with E-state index in [2.05, 4.69) is 4.98 Å². The van der Waals surface area contributed by atoms with Crippen LogP contribution in [0.1, 0.15) is 25.7 Å². The van der Waals surface area contributed by atoms with Crippen molar-refractivity contribution in [3.63, 3.8) is 0 Å². The fourth-order valence-corrected chi connectivity index (χ4v) is 4.41. The van der Waals surface area contributed by atoms with Crippen LogP contribution in [-0.2, 0) is 16.1 Å². The predicted molar refractivity (Wildman–Crippen MR) is 108 cm³/mol. The van der Waals surface area contributed by atoms with E-state index >= 15 is 0 Å². The van der Waals surface area contributed by atoms with Crippen LogP contribution in [0.3, 0.4) is 0 Å². The number of hydrogen-bond donors (Lipinski definition) is 1. The Kier molecular flexibility index (Phi) is 5.71. The standard InChI is InChI=1S/C21H27N3O5/c1-28-16-6-7-18-17(12-16)20(26)24(21(27)22-18)13-14-2-4-15(5-3-14)19(25)23-8-10-29-11-9-23/h6-7,12,14-15H,2-5,8-11,13H2,1H3,(H,22,27). The van der Waals surface area contributed by atoms with Gasteiger partial charge in [-0.2, -0.15) is 0 Å². The summed E-state index contributed by atoms with van der Waals surface area (Å²) in [5.41, 5.74) is -0.176. The molecule has 2 aromatic rings. The Hall–Kier alpha value is -2.61. The van der Waals surface area contributed by atoms with Gasteiger partial charge in [0.1, 0.15) is 5.75 Å². The SMILES string of the molecule is COc1ccc2[nH]c(=O)n(CC3CCC(C(=O)N4CCOCC4)CC3)c(=O)c2c1. The second kappa shape index (κ2) is 8.41. The zero-order valence-corrected chi connectivity index (χ0v) is 16.7. The largest absolute Gasteiger partial charge is 0.497 e. The highest BCUT2D eigenvalue weighted by molar-refractivity contribution is 5.79. The first-order valence-corrected chi connectivity index (χ1v) is 10.2. The van der Waals surface area contributed by atoms with Crippen LogP contribution in [0, 0.1) is 11.8 Å². The molecule has 1 aliphatic carbocycles. The van der Waals surface area contributed by atoms with Crippen LogP contribution in [0.15, 0.2) is 27.8 Å². The van der Waals surface area contributed by atoms with Crippen LogP contribution in [0.2, 0.25) is 0 Å². The van der Waals surface area contributed by atoms with Gasteiger partial charge in [-0.05, 0) is 49.8 Å². The van der Waals surface area contributed by atoms with Crippen molar-refractivity contribution >= 4 is 16.8 Å². The Labute approximate surface area is 168 Å². The van der Waals surface area contributed by atoms with E-state index in [1.807, 2.05) is 4.90 Å². The molecule has 0 atom stereocenters. The maximum atomic E-state index is 12.9. The molecule has 1 amide bonds. The van der Waals surface area contributed by atoms with E-state index in [0.717, 1.165) is 25.7 Å². The molecule has 0 bridgehead atoms. The zero-order chi connectivity index (χ0) is 20.4. The first-order chi connectivity index (χ1) is 14.1. The van der Waals surface area contributed by atoms with Gasteiger partial charge in [-0.15, -0.1) is 0 Å². The second-order valence-corrected chi connectivity index (χ2v) is 7.91. The van der Waals surface area contributed by atoms with Crippen LogP contribution in [0.25, 0.3) is 10.9 Å². The number of rotatable bonds is 4. The van der Waals surface area contributed by atoms with Gasteiger partial charge in [-0.3, -0.25) is 14.2 Å². The van der Waals surface area contributed by atoms with Gasteiger partial charge in [0.25, 0.3) is 5.56 Å². The maximum absolute atomic E-state index is 12.9. The lowest BCUT2D eigenvalue weighted by molar-refractivity contribution is -0.141. The number of fused-ring (bicyclic) bond motifs is 1. The monoisotopic (exact) mass is 401 g/mol. The van der Waals surface area contributed by atoms with E-state index in [1.54, 1.807) is 25.3 Å². The average molecular weight is 401 g/mol. The van der Waals surface area contributed by atoms with Crippen molar-refractivity contribution in [2.24, 2.45) is 11.8 Å². The summed E-state index contributed by atoms with van der Waals surface area (Å²) in [5, 5.41) is 0.445. The quantitative estimate of drug-likeness (QED) is 0.835. The number of benzene rings is 1. The number of carbonyl (C=O) groups excluding carboxylic acids is 1. The molecule has 1 saturated heterocycles. The molecule has 2 aliphatic rings. The Balaban J connectivity index is 1.45. The van der Waals surface area contributed by atoms with E-state index in [0.29, 0.717) is 49.5 Å². The highest BCUT2D eigenvalue weighted by Crippen LogP contribution is 2.31. The number of morpholine rings is 1. The minimum atomic E-state index is -0.390. The molecular weight excluding hydrogens is 374 g/mol. The van der Waals surface area contributed by atoms with Gasteiger partial charge in [-0.1, -0.05) is 0 Å². The van der Waals surface area contributed by atoms with Crippen LogP contribution in [0.4, 0.5) is 0 Å². The molecule has 8 heteroatoms. The number of H-pyrrole nitrogens is 1. The third-order valence-corrected chi connectivity index (χ3v) is 6.15. The van der Waals surface area contributed by atoms with Gasteiger partial charge in [0, 0.05) is 25.6 Å². The molecule has 0 spiro atoms. The van der Waals surface area contributed by atoms with Gasteiger partial charge in [-0.25, -0.2) is 4.79 Å². The Morgan fingerprint density at radius 3 is 2.59 bits per heavy atom. The topological polar surface area (TPSA) is 93.6 Å². The van der Waals surface area contributed by atoms with Gasteiger partial charge in [0.05, 0.1) is 31.2 Å². The van der Waals surface area contributed by atoms with Crippen LogP contribution < -0.4 is 16.0 Å². The molecule has 8 nitrogen and oxygen atoms in total. The number of ether oxygens (including phenoxy) is 2. The van der Waals surface area contributed by atoms with Crippen LogP contribution >= 0.6 is 0 Å². The van der Waals surface area contributed by atoms with Crippen molar-refractivity contribution in [1.29, 1.82) is 0 Å². The molecule has 0 radical (unpaired) electrons. The molecule has 1 aliphatic heterocycles. The zero-order valence-electron chi connectivity index (χ0n) is 16.7. The highest BCUT2D eigenvalue weighted by atomic mass is 16.5. The average Bonchev–Trinajstić information content (AvgIpc) is 2.77. The lowest BCUT2D eigenvalue weighted by Crippen LogP contribution is -2.45. The lowest BCUT2D eigenvalue weighted by atomic mass is 9.81. The smallest absolute Gasteiger partial charge is 0.328 e. The van der Waals surface area contributed by atoms with E-state index < -0.39 is 0 Å². The minimum absolute atomic E-state index is 0.0419. The van der Waals surface area contributed by atoms with E-state index in [-0.39, 0.29) is 29.0 Å². The predicted octanol–water partition coefficient (Wildman–Crippen LogP) is 1.36. The molecule has 1 aromatic heterocycles. The molecule has 1 N–H and O–H groups in total. The molecule has 1 saturated carbocycles. The molecular formula is C21H27N3O5. The van der Waals surface area contributed by atoms with Crippen LogP contribution in [0.5, 0.6) is 5.75 Å². The van der Waals surface area contributed by atoms with E-state index in [1.165, 1.54) is 4.57 Å². The van der Waals surface area contributed by atoms with Gasteiger partial charge < -0.3 is 19.4 Å². The Morgan fingerprint density at radius 1 is 1.17 bits per heavy atom. The minimum Gasteiger partial charge on any atom is -0.497 e. The maximum Gasteiger partial charge on any atom is 0.328 e. The fraction of sp³-hybridized carbons (Fsp3) is 0.571. The highest BCUT2D eigenvalue weighted by Gasteiger charge is 2.30. The summed E-state index contributed by atoms with van der Waals surface area (Å²) >= 11 is 0. The number of aromatic amines is 1. The molecule has 29 heavy (non-hydrogen) atoms. The third kappa shape index (κ3) is 4.07. The molecule has 2 fully saturated rings. The van der Waals surface area contributed by atoms with Crippen molar-refractivity contribution in [3.8, 4) is 5.75 Å². The summed E-state index contributed by atoms with van der Waals surface area (Å²) in [6, 6.07) is 5.06. The third-order valence-electron chi connectivity index (χ3n) is 6.15. The number of amides is 1. The number of aromatic nitrogens is 2. The fourth-order valence-electron chi connectivity index (χ4n) is 4.41. The normalized spacial score (nSPS) is 22.6. The van der Waals surface area contributed by atoms with E-state index in [4.69, 9.17) is 9.47 Å².